The molecule has 1 aromatic carbocycles. The smallest absolute Gasteiger partial charge is 0.165 e. The number of hydrogen-bond donors (Lipinski definition) is 1. The second kappa shape index (κ2) is 7.55. The Morgan fingerprint density at radius 3 is 2.42 bits per heavy atom. The summed E-state index contributed by atoms with van der Waals surface area (Å²) in [4.78, 5) is 16.0. The molecule has 0 radical (unpaired) electrons. The average molecular weight is 462 g/mol. The Kier molecular flexibility index (Phi) is 4.96. The van der Waals surface area contributed by atoms with E-state index in [9.17, 15) is 0 Å². The van der Waals surface area contributed by atoms with E-state index in [2.05, 4.69) is 14.9 Å². The van der Waals surface area contributed by atoms with Crippen LogP contribution in [0.4, 0.5) is 11.6 Å². The quantitative estimate of drug-likeness (QED) is 0.625. The van der Waals surface area contributed by atoms with Gasteiger partial charge in [-0.25, -0.2) is 15.0 Å². The molecule has 0 atom stereocenters. The highest BCUT2D eigenvalue weighted by molar-refractivity contribution is 6.41. The molecule has 0 saturated carbocycles. The summed E-state index contributed by atoms with van der Waals surface area (Å²) in [6.07, 6.45) is 2.68. The van der Waals surface area contributed by atoms with Crippen LogP contribution in [-0.4, -0.2) is 55.5 Å². The summed E-state index contributed by atoms with van der Waals surface area (Å²) < 4.78 is 16.4. The highest BCUT2D eigenvalue weighted by Crippen LogP contribution is 2.47. The largest absolute Gasteiger partial charge is 0.495 e. The van der Waals surface area contributed by atoms with Gasteiger partial charge in [-0.3, -0.25) is 0 Å². The molecule has 0 amide bonds. The molecule has 10 heteroatoms. The van der Waals surface area contributed by atoms with E-state index in [4.69, 9.17) is 48.1 Å². The number of aromatic nitrogens is 3. The van der Waals surface area contributed by atoms with Gasteiger partial charge in [0.1, 0.15) is 23.1 Å². The number of ether oxygens (including phenoxy) is 3. The number of anilines is 2. The fourth-order valence-electron chi connectivity index (χ4n) is 4.28. The molecule has 0 unspecified atom stereocenters. The van der Waals surface area contributed by atoms with Crippen molar-refractivity contribution in [1.82, 2.24) is 15.0 Å². The lowest BCUT2D eigenvalue weighted by Gasteiger charge is -2.48. The van der Waals surface area contributed by atoms with Crippen molar-refractivity contribution in [2.24, 2.45) is 5.41 Å². The molecule has 31 heavy (non-hydrogen) atoms. The first-order chi connectivity index (χ1) is 14.9. The lowest BCUT2D eigenvalue weighted by molar-refractivity contribution is 0.131. The number of nitrogens with zero attached hydrogens (tertiary/aromatic N) is 4. The summed E-state index contributed by atoms with van der Waals surface area (Å²) in [6.45, 7) is 3.27. The first kappa shape index (κ1) is 20.4. The highest BCUT2D eigenvalue weighted by Gasteiger charge is 2.46. The third-order valence-electron chi connectivity index (χ3n) is 5.92. The number of rotatable bonds is 4. The number of pyridine rings is 1. The number of nitrogen functional groups attached to an aromatic ring is 1. The van der Waals surface area contributed by atoms with E-state index in [0.29, 0.717) is 44.3 Å². The van der Waals surface area contributed by atoms with E-state index in [-0.39, 0.29) is 5.41 Å². The number of fused-ring (bicyclic) bond motifs is 1. The van der Waals surface area contributed by atoms with Gasteiger partial charge in [0.25, 0.3) is 0 Å². The molecule has 2 aromatic heterocycles. The van der Waals surface area contributed by atoms with Crippen molar-refractivity contribution in [3.05, 3.63) is 28.4 Å². The lowest BCUT2D eigenvalue weighted by Crippen LogP contribution is -2.57. The molecule has 2 aliphatic rings. The predicted molar refractivity (Wildman–Crippen MR) is 120 cm³/mol. The van der Waals surface area contributed by atoms with Gasteiger partial charge >= 0.3 is 0 Å². The van der Waals surface area contributed by atoms with Crippen LogP contribution in [-0.2, 0) is 4.74 Å². The van der Waals surface area contributed by atoms with Gasteiger partial charge < -0.3 is 24.8 Å². The molecular weight excluding hydrogens is 441 g/mol. The summed E-state index contributed by atoms with van der Waals surface area (Å²) in [6, 6.07) is 3.43. The standard InChI is InChI=1S/C21H21Cl2N5O3/c1-29-13-6-14(30-2)18(23)16(17(13)22)19-26-12-7-25-15(24)5-11(12)20(27-19)28-8-21(9-28)3-4-31-10-21/h5-7H,3-4,8-10H2,1-2H3,(H2,24,25). The molecule has 5 rings (SSSR count). The van der Waals surface area contributed by atoms with Gasteiger partial charge in [0.2, 0.25) is 0 Å². The van der Waals surface area contributed by atoms with Crippen molar-refractivity contribution in [2.45, 2.75) is 6.42 Å². The van der Waals surface area contributed by atoms with Crippen LogP contribution in [0.25, 0.3) is 22.3 Å². The van der Waals surface area contributed by atoms with Crippen molar-refractivity contribution in [3.63, 3.8) is 0 Å². The lowest BCUT2D eigenvalue weighted by atomic mass is 9.79. The Bertz CT molecular complexity index is 1150. The van der Waals surface area contributed by atoms with Crippen LogP contribution in [0.2, 0.25) is 10.0 Å². The normalized spacial score (nSPS) is 17.2. The van der Waals surface area contributed by atoms with E-state index < -0.39 is 0 Å². The zero-order valence-corrected chi connectivity index (χ0v) is 18.6. The minimum absolute atomic E-state index is 0.185. The fourth-order valence-corrected chi connectivity index (χ4v) is 4.95. The molecule has 2 aliphatic heterocycles. The van der Waals surface area contributed by atoms with Crippen LogP contribution in [0.3, 0.4) is 0 Å². The highest BCUT2D eigenvalue weighted by atomic mass is 35.5. The van der Waals surface area contributed by atoms with Crippen LogP contribution >= 0.6 is 23.2 Å². The van der Waals surface area contributed by atoms with Gasteiger partial charge in [0.15, 0.2) is 5.82 Å². The molecule has 3 aromatic rings. The summed E-state index contributed by atoms with van der Waals surface area (Å²) in [5.41, 5.74) is 7.23. The fraction of sp³-hybridized carbons (Fsp3) is 0.381. The summed E-state index contributed by atoms with van der Waals surface area (Å²) in [5.74, 6) is 2.38. The molecule has 2 N–H and O–H groups in total. The first-order valence-electron chi connectivity index (χ1n) is 9.81. The van der Waals surface area contributed by atoms with Crippen molar-refractivity contribution in [3.8, 4) is 22.9 Å². The maximum atomic E-state index is 6.62. The topological polar surface area (TPSA) is 95.6 Å². The molecular formula is C21H21Cl2N5O3. The Hall–Kier alpha value is -2.55. The van der Waals surface area contributed by atoms with Crippen molar-refractivity contribution in [2.75, 3.05) is 51.2 Å². The summed E-state index contributed by atoms with van der Waals surface area (Å²) >= 11 is 13.2. The second-order valence-corrected chi connectivity index (χ2v) is 8.70. The van der Waals surface area contributed by atoms with Gasteiger partial charge in [-0.2, -0.15) is 0 Å². The Labute approximate surface area is 189 Å². The van der Waals surface area contributed by atoms with Crippen LogP contribution in [0.1, 0.15) is 6.42 Å². The monoisotopic (exact) mass is 461 g/mol. The SMILES string of the molecule is COc1cc(OC)c(Cl)c(-c2nc(N3CC4(CCOC4)C3)c3cc(N)ncc3n2)c1Cl. The van der Waals surface area contributed by atoms with E-state index in [0.717, 1.165) is 43.9 Å². The maximum Gasteiger partial charge on any atom is 0.165 e. The Morgan fingerprint density at radius 2 is 1.81 bits per heavy atom. The van der Waals surface area contributed by atoms with Gasteiger partial charge in [-0.15, -0.1) is 0 Å². The van der Waals surface area contributed by atoms with Crippen LogP contribution in [0.15, 0.2) is 18.3 Å². The maximum absolute atomic E-state index is 6.62. The van der Waals surface area contributed by atoms with Gasteiger partial charge in [0.05, 0.1) is 48.1 Å². The molecule has 0 aliphatic carbocycles. The number of methoxy groups -OCH3 is 2. The molecule has 0 bridgehead atoms. The van der Waals surface area contributed by atoms with Gasteiger partial charge in [0, 0.05) is 36.6 Å². The van der Waals surface area contributed by atoms with Crippen molar-refractivity contribution < 1.29 is 14.2 Å². The van der Waals surface area contributed by atoms with Gasteiger partial charge in [-0.05, 0) is 12.5 Å². The molecule has 1 spiro atoms. The van der Waals surface area contributed by atoms with Crippen molar-refractivity contribution in [1.29, 1.82) is 0 Å². The second-order valence-electron chi connectivity index (χ2n) is 7.94. The summed E-state index contributed by atoms with van der Waals surface area (Å²) in [7, 11) is 3.06. The first-order valence-corrected chi connectivity index (χ1v) is 10.6. The average Bonchev–Trinajstić information content (AvgIpc) is 3.23. The number of benzene rings is 1. The van der Waals surface area contributed by atoms with E-state index in [1.807, 2.05) is 0 Å². The third kappa shape index (κ3) is 3.30. The zero-order valence-electron chi connectivity index (χ0n) is 17.1. The number of nitrogens with two attached hydrogens (primary N) is 1. The predicted octanol–water partition coefficient (Wildman–Crippen LogP) is 3.82. The molecule has 2 saturated heterocycles. The van der Waals surface area contributed by atoms with Crippen LogP contribution in [0.5, 0.6) is 11.5 Å². The third-order valence-corrected chi connectivity index (χ3v) is 6.67. The minimum Gasteiger partial charge on any atom is -0.495 e. The molecule has 162 valence electrons. The van der Waals surface area contributed by atoms with Crippen molar-refractivity contribution >= 4 is 45.7 Å². The van der Waals surface area contributed by atoms with Gasteiger partial charge in [-0.1, -0.05) is 23.2 Å². The van der Waals surface area contributed by atoms with E-state index >= 15 is 0 Å². The molecule has 8 nitrogen and oxygen atoms in total. The van der Waals surface area contributed by atoms with Crippen LogP contribution < -0.4 is 20.1 Å². The minimum atomic E-state index is 0.185. The molecule has 4 heterocycles. The number of hydrogen-bond acceptors (Lipinski definition) is 8. The summed E-state index contributed by atoms with van der Waals surface area (Å²) in [5, 5.41) is 1.45. The zero-order chi connectivity index (χ0) is 21.8. The Morgan fingerprint density at radius 1 is 1.10 bits per heavy atom. The van der Waals surface area contributed by atoms with E-state index in [1.54, 1.807) is 18.3 Å². The molecule has 2 fully saturated rings. The van der Waals surface area contributed by atoms with Crippen LogP contribution in [0, 0.1) is 5.41 Å². The van der Waals surface area contributed by atoms with E-state index in [1.165, 1.54) is 14.2 Å². The number of halogens is 2. The Balaban J connectivity index is 1.69.